The van der Waals surface area contributed by atoms with Crippen LogP contribution in [0.1, 0.15) is 44.9 Å². The molecule has 5 heteroatoms. The zero-order valence-corrected chi connectivity index (χ0v) is 13.9. The van der Waals surface area contributed by atoms with Crippen LogP contribution in [0.15, 0.2) is 0 Å². The molecule has 1 N–H and O–H groups in total. The summed E-state index contributed by atoms with van der Waals surface area (Å²) in [5.41, 5.74) is 0. The second-order valence-electron chi connectivity index (χ2n) is 6.70. The highest BCUT2D eigenvalue weighted by molar-refractivity contribution is 5.85. The molecule has 2 aliphatic heterocycles. The summed E-state index contributed by atoms with van der Waals surface area (Å²) in [4.78, 5) is 17.4. The molecule has 0 aromatic heterocycles. The average Bonchev–Trinajstić information content (AvgIpc) is 2.89. The van der Waals surface area contributed by atoms with Gasteiger partial charge in [-0.15, -0.1) is 12.4 Å². The number of amides is 1. The van der Waals surface area contributed by atoms with E-state index in [-0.39, 0.29) is 12.4 Å². The van der Waals surface area contributed by atoms with E-state index < -0.39 is 0 Å². The van der Waals surface area contributed by atoms with Gasteiger partial charge in [0.25, 0.3) is 0 Å². The third kappa shape index (κ3) is 4.33. The lowest BCUT2D eigenvalue weighted by molar-refractivity contribution is -0.138. The van der Waals surface area contributed by atoms with Gasteiger partial charge in [0, 0.05) is 44.7 Å². The van der Waals surface area contributed by atoms with Gasteiger partial charge in [-0.05, 0) is 25.8 Å². The average molecular weight is 316 g/mol. The molecule has 3 aliphatic rings. The van der Waals surface area contributed by atoms with Crippen LogP contribution in [0.4, 0.5) is 0 Å². The highest BCUT2D eigenvalue weighted by atomic mass is 35.5. The monoisotopic (exact) mass is 315 g/mol. The summed E-state index contributed by atoms with van der Waals surface area (Å²) in [6.07, 6.45) is 8.69. The third-order valence-electron chi connectivity index (χ3n) is 5.38. The highest BCUT2D eigenvalue weighted by Gasteiger charge is 2.30. The minimum atomic E-state index is 0. The van der Waals surface area contributed by atoms with Gasteiger partial charge in [-0.25, -0.2) is 0 Å². The number of piperazine rings is 1. The van der Waals surface area contributed by atoms with Crippen LogP contribution in [0.5, 0.6) is 0 Å². The molecule has 1 atom stereocenters. The van der Waals surface area contributed by atoms with Crippen molar-refractivity contribution in [1.82, 2.24) is 15.1 Å². The second kappa shape index (κ2) is 8.35. The lowest BCUT2D eigenvalue weighted by atomic mass is 9.98. The Balaban J connectivity index is 0.00000161. The van der Waals surface area contributed by atoms with Crippen molar-refractivity contribution in [2.45, 2.75) is 51.0 Å². The van der Waals surface area contributed by atoms with E-state index in [9.17, 15) is 4.79 Å². The van der Waals surface area contributed by atoms with Crippen molar-refractivity contribution in [3.05, 3.63) is 0 Å². The second-order valence-corrected chi connectivity index (χ2v) is 6.70. The van der Waals surface area contributed by atoms with Crippen LogP contribution >= 0.6 is 12.4 Å². The van der Waals surface area contributed by atoms with Gasteiger partial charge in [0.15, 0.2) is 0 Å². The zero-order valence-electron chi connectivity index (χ0n) is 13.1. The number of nitrogens with zero attached hydrogens (tertiary/aromatic N) is 2. The predicted octanol–water partition coefficient (Wildman–Crippen LogP) is 1.88. The van der Waals surface area contributed by atoms with E-state index in [0.29, 0.717) is 17.9 Å². The van der Waals surface area contributed by atoms with Gasteiger partial charge in [0.05, 0.1) is 0 Å². The summed E-state index contributed by atoms with van der Waals surface area (Å²) >= 11 is 0. The Morgan fingerprint density at radius 1 is 0.905 bits per heavy atom. The van der Waals surface area contributed by atoms with Gasteiger partial charge < -0.3 is 10.2 Å². The molecule has 21 heavy (non-hydrogen) atoms. The van der Waals surface area contributed by atoms with E-state index in [1.165, 1.54) is 32.1 Å². The van der Waals surface area contributed by atoms with Gasteiger partial charge in [-0.1, -0.05) is 25.7 Å². The summed E-state index contributed by atoms with van der Waals surface area (Å²) in [6.45, 7) is 6.34. The third-order valence-corrected chi connectivity index (χ3v) is 5.38. The molecule has 0 aromatic carbocycles. The van der Waals surface area contributed by atoms with Crippen LogP contribution in [-0.4, -0.2) is 61.0 Å². The topological polar surface area (TPSA) is 35.6 Å². The minimum absolute atomic E-state index is 0. The fraction of sp³-hybridized carbons (Fsp3) is 0.938. The summed E-state index contributed by atoms with van der Waals surface area (Å²) in [7, 11) is 0. The smallest absolute Gasteiger partial charge is 0.225 e. The highest BCUT2D eigenvalue weighted by Crippen LogP contribution is 2.25. The fourth-order valence-corrected chi connectivity index (χ4v) is 4.04. The Bertz CT molecular complexity index is 317. The Morgan fingerprint density at radius 3 is 2.14 bits per heavy atom. The fourth-order valence-electron chi connectivity index (χ4n) is 4.04. The first-order valence-electron chi connectivity index (χ1n) is 8.58. The zero-order chi connectivity index (χ0) is 13.8. The first-order chi connectivity index (χ1) is 9.84. The van der Waals surface area contributed by atoms with Crippen LogP contribution in [-0.2, 0) is 4.79 Å². The van der Waals surface area contributed by atoms with Crippen LogP contribution in [0.25, 0.3) is 0 Å². The van der Waals surface area contributed by atoms with E-state index in [1.54, 1.807) is 0 Å². The maximum Gasteiger partial charge on any atom is 0.225 e. The Morgan fingerprint density at radius 2 is 1.57 bits per heavy atom. The van der Waals surface area contributed by atoms with Crippen molar-refractivity contribution in [2.75, 3.05) is 39.3 Å². The number of hydrogen-bond acceptors (Lipinski definition) is 3. The number of halogens is 1. The van der Waals surface area contributed by atoms with Gasteiger partial charge >= 0.3 is 0 Å². The molecule has 4 nitrogen and oxygen atoms in total. The SMILES string of the molecule is Cl.O=C(C1CCCCCC1)N1CCN(C2CCNC2)CC1. The molecule has 122 valence electrons. The molecule has 1 saturated carbocycles. The maximum atomic E-state index is 12.6. The van der Waals surface area contributed by atoms with Crippen molar-refractivity contribution in [1.29, 1.82) is 0 Å². The normalized spacial score (nSPS) is 29.0. The first kappa shape index (κ1) is 17.0. The number of rotatable bonds is 2. The van der Waals surface area contributed by atoms with E-state index in [1.807, 2.05) is 0 Å². The molecule has 0 bridgehead atoms. The minimum Gasteiger partial charge on any atom is -0.340 e. The Hall–Kier alpha value is -0.320. The Kier molecular flexibility index (Phi) is 6.77. The summed E-state index contributed by atoms with van der Waals surface area (Å²) < 4.78 is 0. The number of carbonyl (C=O) groups is 1. The largest absolute Gasteiger partial charge is 0.340 e. The summed E-state index contributed by atoms with van der Waals surface area (Å²) in [5.74, 6) is 0.785. The molecule has 0 radical (unpaired) electrons. The van der Waals surface area contributed by atoms with E-state index >= 15 is 0 Å². The molecule has 1 amide bonds. The van der Waals surface area contributed by atoms with Crippen LogP contribution in [0.3, 0.4) is 0 Å². The molecule has 1 unspecified atom stereocenters. The molecular weight excluding hydrogens is 286 g/mol. The van der Waals surface area contributed by atoms with Gasteiger partial charge in [-0.2, -0.15) is 0 Å². The number of hydrogen-bond donors (Lipinski definition) is 1. The van der Waals surface area contributed by atoms with E-state index in [4.69, 9.17) is 0 Å². The molecule has 0 spiro atoms. The van der Waals surface area contributed by atoms with E-state index in [2.05, 4.69) is 15.1 Å². The Labute approximate surface area is 135 Å². The molecule has 3 fully saturated rings. The molecule has 2 heterocycles. The number of nitrogens with one attached hydrogen (secondary N) is 1. The molecule has 1 aliphatic carbocycles. The van der Waals surface area contributed by atoms with Crippen molar-refractivity contribution < 1.29 is 4.79 Å². The number of carbonyl (C=O) groups excluding carboxylic acids is 1. The summed E-state index contributed by atoms with van der Waals surface area (Å²) in [6, 6.07) is 0.713. The molecule has 3 rings (SSSR count). The molecular formula is C16H30ClN3O. The van der Waals surface area contributed by atoms with Crippen LogP contribution < -0.4 is 5.32 Å². The van der Waals surface area contributed by atoms with Crippen molar-refractivity contribution in [3.63, 3.8) is 0 Å². The van der Waals surface area contributed by atoms with E-state index in [0.717, 1.165) is 52.1 Å². The maximum absolute atomic E-state index is 12.6. The molecule has 0 aromatic rings. The lowest BCUT2D eigenvalue weighted by Crippen LogP contribution is -2.53. The predicted molar refractivity (Wildman–Crippen MR) is 87.9 cm³/mol. The molecule has 2 saturated heterocycles. The van der Waals surface area contributed by atoms with Crippen LogP contribution in [0, 0.1) is 5.92 Å². The quantitative estimate of drug-likeness (QED) is 0.790. The van der Waals surface area contributed by atoms with Crippen molar-refractivity contribution in [2.24, 2.45) is 5.92 Å². The van der Waals surface area contributed by atoms with Gasteiger partial charge in [-0.3, -0.25) is 9.69 Å². The van der Waals surface area contributed by atoms with Crippen LogP contribution in [0.2, 0.25) is 0 Å². The first-order valence-corrected chi connectivity index (χ1v) is 8.58. The summed E-state index contributed by atoms with van der Waals surface area (Å²) in [5, 5.41) is 3.44. The van der Waals surface area contributed by atoms with Gasteiger partial charge in [0.1, 0.15) is 0 Å². The van der Waals surface area contributed by atoms with Crippen molar-refractivity contribution in [3.8, 4) is 0 Å². The lowest BCUT2D eigenvalue weighted by Gasteiger charge is -2.39. The standard InChI is InChI=1S/C16H29N3O.ClH/c20-16(14-5-3-1-2-4-6-14)19-11-9-18(10-12-19)15-7-8-17-13-15;/h14-15,17H,1-13H2;1H. The van der Waals surface area contributed by atoms with Crippen molar-refractivity contribution >= 4 is 18.3 Å². The van der Waals surface area contributed by atoms with Gasteiger partial charge in [0.2, 0.25) is 5.91 Å².